The minimum absolute atomic E-state index is 0. The van der Waals surface area contributed by atoms with E-state index < -0.39 is 69.4 Å². The number of halogens is 13. The lowest BCUT2D eigenvalue weighted by Crippen LogP contribution is -2.40. The highest BCUT2D eigenvalue weighted by Crippen LogP contribution is 2.37. The van der Waals surface area contributed by atoms with E-state index in [4.69, 9.17) is 0 Å². The molecule has 10 rings (SSSR count). The van der Waals surface area contributed by atoms with Crippen molar-refractivity contribution >= 4 is 141 Å². The molecule has 2 amide bonds. The molecule has 34 heteroatoms. The van der Waals surface area contributed by atoms with Crippen molar-refractivity contribution in [1.82, 2.24) is 44.4 Å². The number of carbonyl (C=O) groups is 2. The van der Waals surface area contributed by atoms with Gasteiger partial charge >= 0.3 is 35.6 Å². The number of benzene rings is 3. The van der Waals surface area contributed by atoms with Gasteiger partial charge in [0.15, 0.2) is 0 Å². The number of hydrogen-bond acceptors (Lipinski definition) is 14. The molecule has 0 spiro atoms. The maximum Gasteiger partial charge on any atom is 0.431 e. The zero-order valence-electron chi connectivity index (χ0n) is 40.5. The Hall–Kier alpha value is -6.20. The summed E-state index contributed by atoms with van der Waals surface area (Å²) >= 11 is 16.5. The Bertz CT molecular complexity index is 4300. The van der Waals surface area contributed by atoms with Gasteiger partial charge in [0, 0.05) is 73.7 Å². The van der Waals surface area contributed by atoms with E-state index in [2.05, 4.69) is 77.1 Å². The summed E-state index contributed by atoms with van der Waals surface area (Å²) in [6.07, 6.45) is -13.6. The molecule has 1 aliphatic heterocycles. The molecule has 0 N–H and O–H groups in total. The largest absolute Gasteiger partial charge is 0.431 e. The second kappa shape index (κ2) is 25.7. The fourth-order valence-corrected chi connectivity index (χ4v) is 11.8. The quantitative estimate of drug-likeness (QED) is 0.0685. The van der Waals surface area contributed by atoms with Gasteiger partial charge in [-0.2, -0.15) is 52.6 Å². The Morgan fingerprint density at radius 3 is 1.18 bits per heavy atom. The lowest BCUT2D eigenvalue weighted by molar-refractivity contribution is -0.144. The van der Waals surface area contributed by atoms with Gasteiger partial charge in [-0.25, -0.2) is 32.0 Å². The molecule has 7 heterocycles. The summed E-state index contributed by atoms with van der Waals surface area (Å²) in [5, 5.41) is 2.66. The summed E-state index contributed by atoms with van der Waals surface area (Å²) in [5.74, 6) is -0.287. The second-order valence-electron chi connectivity index (χ2n) is 16.6. The molecule has 0 unspecified atom stereocenters. The van der Waals surface area contributed by atoms with Crippen molar-refractivity contribution in [3.05, 3.63) is 169 Å². The number of fused-ring (bicyclic) bond motifs is 3. The Kier molecular flexibility index (Phi) is 20.9. The first-order chi connectivity index (χ1) is 37.3. The molecule has 82 heavy (non-hydrogen) atoms. The summed E-state index contributed by atoms with van der Waals surface area (Å²) in [6.45, 7) is 1.77. The fraction of sp³-hybridized carbons (Fsp3) is 0.271. The molecule has 9 aromatic rings. The number of aromatic nitrogens is 9. The predicted octanol–water partition coefficient (Wildman–Crippen LogP) is 11.2. The molecule has 0 radical (unpaired) electrons. The third-order valence-electron chi connectivity index (χ3n) is 11.6. The van der Waals surface area contributed by atoms with Crippen LogP contribution in [0.4, 0.5) is 39.5 Å². The van der Waals surface area contributed by atoms with Gasteiger partial charge in [0.05, 0.1) is 64.4 Å². The average Bonchev–Trinajstić information content (AvgIpc) is 4.31. The number of aryl methyl sites for hydroxylation is 1. The topological polar surface area (TPSA) is 208 Å². The molecule has 6 aromatic heterocycles. The Morgan fingerprint density at radius 2 is 0.841 bits per heavy atom. The predicted molar refractivity (Wildman–Crippen MR) is 308 cm³/mol. The van der Waals surface area contributed by atoms with E-state index in [0.29, 0.717) is 74.9 Å². The highest BCUT2D eigenvalue weighted by molar-refractivity contribution is 9.24. The van der Waals surface area contributed by atoms with E-state index >= 15 is 0 Å². The number of alkyl halides is 12. The van der Waals surface area contributed by atoms with E-state index in [1.807, 2.05) is 0 Å². The van der Waals surface area contributed by atoms with Gasteiger partial charge in [-0.1, -0.05) is 62.6 Å². The van der Waals surface area contributed by atoms with Crippen LogP contribution in [0.1, 0.15) is 65.6 Å². The molecular weight excluding hydrogens is 1430 g/mol. The first-order valence-electron chi connectivity index (χ1n) is 22.0. The molecule has 3 aromatic carbocycles. The van der Waals surface area contributed by atoms with E-state index in [1.165, 1.54) is 52.8 Å². The van der Waals surface area contributed by atoms with Crippen LogP contribution < -0.4 is 33.7 Å². The van der Waals surface area contributed by atoms with Crippen LogP contribution in [0, 0.1) is 6.92 Å². The average molecular weight is 1470 g/mol. The standard InChI is InChI=1S/C14H8Br2F3N3O2S.C14H9BrF3N3O2S.C14H10F3N3O2S.C4H4BrNO2.2CH4/c1-21-9(14(17,18)19)5-10(23)22(13(21)24)6-2-3-8-7(4-6)11(12(15)16)20-25-8;1-20-11(14(16,17)18)5-12(22)21(13(20)23)7-2-3-10-8(4-7)9(6-15)19-24-10;1-7-9-5-8(3-4-10(9)23-18-7)20-12(21)6-11(14(15,16)17)19(2)13(20)22;5-6-3(7)1-2-4(6)8;;/h2-5,12H,1H3;2-5H,6H2,1H3;3-6H,1-2H3;1-2H2;2*1H4. The first-order valence-corrected chi connectivity index (χ1v) is 28.0. The number of rotatable bonds is 5. The zero-order chi connectivity index (χ0) is 59.2. The minimum atomic E-state index is -4.79. The SMILES string of the molecule is C.C.Cc1nsc2ccc(-n3c(=O)cc(C(F)(F)F)n(C)c3=O)cc12.Cn1c(C(F)(F)F)cc(=O)n(-c2ccc3snc(C(Br)Br)c3c2)c1=O.Cn1c(C(F)(F)F)cc(=O)n(-c2ccc3snc(CBr)c3c2)c1=O.O=C1CCC(=O)N1Br. The third-order valence-corrected chi connectivity index (χ3v) is 16.4. The van der Waals surface area contributed by atoms with Crippen LogP contribution in [0.3, 0.4) is 0 Å². The summed E-state index contributed by atoms with van der Waals surface area (Å²) in [6, 6.07) is 15.5. The summed E-state index contributed by atoms with van der Waals surface area (Å²) < 4.78 is 135. The van der Waals surface area contributed by atoms with E-state index in [9.17, 15) is 77.9 Å². The molecule has 0 bridgehead atoms. The highest BCUT2D eigenvalue weighted by atomic mass is 79.9. The molecular formula is C48H39Br4F9N10O8S3. The van der Waals surface area contributed by atoms with Crippen LogP contribution in [0.25, 0.3) is 47.3 Å². The summed E-state index contributed by atoms with van der Waals surface area (Å²) in [4.78, 5) is 94.1. The van der Waals surface area contributed by atoms with Crippen LogP contribution >= 0.6 is 98.5 Å². The van der Waals surface area contributed by atoms with E-state index in [-0.39, 0.29) is 47.5 Å². The van der Waals surface area contributed by atoms with Gasteiger partial charge in [-0.05, 0) is 96.1 Å². The number of nitrogens with zero attached hydrogens (tertiary/aromatic N) is 10. The number of imide groups is 1. The van der Waals surface area contributed by atoms with Gasteiger partial charge < -0.3 is 0 Å². The normalized spacial score (nSPS) is 12.6. The van der Waals surface area contributed by atoms with Crippen molar-refractivity contribution in [2.24, 2.45) is 21.1 Å². The zero-order valence-corrected chi connectivity index (χ0v) is 49.3. The van der Waals surface area contributed by atoms with Crippen LogP contribution in [-0.4, -0.2) is 56.3 Å². The van der Waals surface area contributed by atoms with Crippen LogP contribution in [-0.2, 0) is 54.6 Å². The fourth-order valence-electron chi connectivity index (χ4n) is 7.60. The smallest absolute Gasteiger partial charge is 0.292 e. The van der Waals surface area contributed by atoms with Crippen LogP contribution in [0.5, 0.6) is 0 Å². The van der Waals surface area contributed by atoms with Gasteiger partial charge in [-0.15, -0.1) is 0 Å². The molecule has 438 valence electrons. The van der Waals surface area contributed by atoms with Gasteiger partial charge in [0.1, 0.15) is 20.8 Å². The lowest BCUT2D eigenvalue weighted by Gasteiger charge is -2.14. The molecule has 1 saturated heterocycles. The van der Waals surface area contributed by atoms with E-state index in [1.54, 1.807) is 43.3 Å². The minimum Gasteiger partial charge on any atom is -0.292 e. The lowest BCUT2D eigenvalue weighted by atomic mass is 10.2. The van der Waals surface area contributed by atoms with Crippen molar-refractivity contribution in [2.75, 3.05) is 0 Å². The van der Waals surface area contributed by atoms with Gasteiger partial charge in [0.2, 0.25) is 11.8 Å². The van der Waals surface area contributed by atoms with Crippen molar-refractivity contribution < 1.29 is 49.1 Å². The molecule has 18 nitrogen and oxygen atoms in total. The summed E-state index contributed by atoms with van der Waals surface area (Å²) in [7, 11) is 2.94. The van der Waals surface area contributed by atoms with E-state index in [0.717, 1.165) is 61.3 Å². The van der Waals surface area contributed by atoms with Crippen LogP contribution in [0.15, 0.2) is 102 Å². The highest BCUT2D eigenvalue weighted by Gasteiger charge is 2.37. The Labute approximate surface area is 500 Å². The number of amides is 2. The van der Waals surface area contributed by atoms with Crippen molar-refractivity contribution in [1.29, 1.82) is 0 Å². The van der Waals surface area contributed by atoms with Crippen LogP contribution in [0.2, 0.25) is 0 Å². The van der Waals surface area contributed by atoms with Crippen molar-refractivity contribution in [2.45, 2.75) is 62.2 Å². The molecule has 1 fully saturated rings. The maximum atomic E-state index is 12.9. The van der Waals surface area contributed by atoms with Crippen molar-refractivity contribution in [3.8, 4) is 17.1 Å². The second-order valence-corrected chi connectivity index (χ2v) is 23.4. The molecule has 1 aliphatic rings. The van der Waals surface area contributed by atoms with Crippen molar-refractivity contribution in [3.63, 3.8) is 0 Å². The Balaban J connectivity index is 0.000000208. The monoisotopic (exact) mass is 1470 g/mol. The number of carbonyl (C=O) groups excluding carboxylic acids is 2. The van der Waals surface area contributed by atoms with Gasteiger partial charge in [0.25, 0.3) is 16.7 Å². The molecule has 0 aliphatic carbocycles. The summed E-state index contributed by atoms with van der Waals surface area (Å²) in [5.41, 5.74) is -7.46. The first kappa shape index (κ1) is 66.6. The molecule has 0 saturated carbocycles. The number of hydrogen-bond donors (Lipinski definition) is 0. The molecule has 0 atom stereocenters. The third kappa shape index (κ3) is 13.7. The maximum absolute atomic E-state index is 12.9. The van der Waals surface area contributed by atoms with Gasteiger partial charge in [-0.3, -0.25) is 37.7 Å². The Morgan fingerprint density at radius 1 is 0.512 bits per heavy atom.